The van der Waals surface area contributed by atoms with Crippen LogP contribution in [0.25, 0.3) is 0 Å². The molecule has 1 saturated carbocycles. The van der Waals surface area contributed by atoms with Gasteiger partial charge in [-0.3, -0.25) is 0 Å². The first-order valence-electron chi connectivity index (χ1n) is 7.72. The summed E-state index contributed by atoms with van der Waals surface area (Å²) in [6.07, 6.45) is 12.4. The van der Waals surface area contributed by atoms with Crippen molar-refractivity contribution in [2.45, 2.75) is 53.4 Å². The van der Waals surface area contributed by atoms with E-state index in [0.29, 0.717) is 16.7 Å². The second-order valence-electron chi connectivity index (χ2n) is 7.88. The summed E-state index contributed by atoms with van der Waals surface area (Å²) in [5, 5.41) is 0. The minimum Gasteiger partial charge on any atom is -0.384 e. The maximum atomic E-state index is 5.26. The molecule has 0 heterocycles. The molecule has 0 bridgehead atoms. The van der Waals surface area contributed by atoms with Crippen molar-refractivity contribution in [2.24, 2.45) is 22.7 Å². The predicted molar refractivity (Wildman–Crippen MR) is 82.1 cm³/mol. The number of allylic oxidation sites excluding steroid dienone is 3. The van der Waals surface area contributed by atoms with Crippen LogP contribution in [0.15, 0.2) is 23.8 Å². The summed E-state index contributed by atoms with van der Waals surface area (Å²) in [4.78, 5) is 0. The molecule has 0 radical (unpaired) electrons. The van der Waals surface area contributed by atoms with Crippen molar-refractivity contribution in [1.29, 1.82) is 0 Å². The van der Waals surface area contributed by atoms with Crippen molar-refractivity contribution >= 4 is 0 Å². The molecule has 1 unspecified atom stereocenters. The molecule has 0 amide bonds. The van der Waals surface area contributed by atoms with Gasteiger partial charge in [-0.15, -0.1) is 0 Å². The molecule has 0 aliphatic heterocycles. The smallest absolute Gasteiger partial charge is 0.0528 e. The molecule has 19 heavy (non-hydrogen) atoms. The number of hydrogen-bond acceptors (Lipinski definition) is 1. The summed E-state index contributed by atoms with van der Waals surface area (Å²) in [5.41, 5.74) is 2.42. The highest BCUT2D eigenvalue weighted by Gasteiger charge is 2.41. The third-order valence-electron chi connectivity index (χ3n) is 4.83. The summed E-state index contributed by atoms with van der Waals surface area (Å²) < 4.78 is 5.26. The quantitative estimate of drug-likeness (QED) is 0.696. The monoisotopic (exact) mass is 262 g/mol. The number of rotatable bonds is 3. The Balaban J connectivity index is 2.11. The maximum absolute atomic E-state index is 5.26. The van der Waals surface area contributed by atoms with Gasteiger partial charge in [-0.05, 0) is 48.0 Å². The van der Waals surface area contributed by atoms with E-state index in [1.54, 1.807) is 12.7 Å². The molecule has 0 aromatic rings. The van der Waals surface area contributed by atoms with Gasteiger partial charge in [0.15, 0.2) is 0 Å². The average Bonchev–Trinajstić information content (AvgIpc) is 2.26. The molecule has 2 aliphatic carbocycles. The minimum atomic E-state index is 0.371. The van der Waals surface area contributed by atoms with Crippen molar-refractivity contribution in [1.82, 2.24) is 0 Å². The van der Waals surface area contributed by atoms with Gasteiger partial charge in [0.2, 0.25) is 0 Å². The molecule has 1 heteroatoms. The molecule has 1 fully saturated rings. The second-order valence-corrected chi connectivity index (χ2v) is 7.88. The molecule has 0 N–H and O–H groups in total. The first kappa shape index (κ1) is 14.8. The Kier molecular flexibility index (Phi) is 4.25. The zero-order valence-electron chi connectivity index (χ0n) is 13.3. The number of hydrogen-bond donors (Lipinski definition) is 0. The van der Waals surface area contributed by atoms with Crippen molar-refractivity contribution in [3.63, 3.8) is 0 Å². The summed E-state index contributed by atoms with van der Waals surface area (Å²) in [6.45, 7) is 10.6. The zero-order valence-corrected chi connectivity index (χ0v) is 13.3. The molecule has 0 aromatic carbocycles. The molecule has 0 spiro atoms. The van der Waals surface area contributed by atoms with Crippen molar-refractivity contribution in [2.75, 3.05) is 13.7 Å². The standard InChI is InChI=1S/C18H30O/c1-14-10-17(2,3)13-18(4,11-14)16-8-6-15(7-9-16)12-19-5/h6,8-9,14-15H,7,10-13H2,1-5H3/t14-,15?,18+/m0/s1. The number of methoxy groups -OCH3 is 1. The molecule has 0 saturated heterocycles. The van der Waals surface area contributed by atoms with E-state index in [1.165, 1.54) is 19.3 Å². The molecule has 2 rings (SSSR count). The fraction of sp³-hybridized carbons (Fsp3) is 0.778. The Morgan fingerprint density at radius 3 is 2.53 bits per heavy atom. The lowest BCUT2D eigenvalue weighted by Gasteiger charge is -2.47. The maximum Gasteiger partial charge on any atom is 0.0528 e. The van der Waals surface area contributed by atoms with E-state index in [1.807, 2.05) is 0 Å². The van der Waals surface area contributed by atoms with Crippen LogP contribution >= 0.6 is 0 Å². The lowest BCUT2D eigenvalue weighted by molar-refractivity contribution is 0.0889. The van der Waals surface area contributed by atoms with Gasteiger partial charge in [0, 0.05) is 13.0 Å². The molecule has 1 nitrogen and oxygen atoms in total. The van der Waals surface area contributed by atoms with Crippen molar-refractivity contribution in [3.05, 3.63) is 23.8 Å². The summed E-state index contributed by atoms with van der Waals surface area (Å²) >= 11 is 0. The van der Waals surface area contributed by atoms with E-state index in [2.05, 4.69) is 45.9 Å². The van der Waals surface area contributed by atoms with Gasteiger partial charge in [-0.2, -0.15) is 0 Å². The highest BCUT2D eigenvalue weighted by molar-refractivity contribution is 5.31. The fourth-order valence-electron chi connectivity index (χ4n) is 4.66. The van der Waals surface area contributed by atoms with Gasteiger partial charge in [0.1, 0.15) is 0 Å². The third-order valence-corrected chi connectivity index (χ3v) is 4.83. The van der Waals surface area contributed by atoms with Gasteiger partial charge in [-0.1, -0.05) is 45.9 Å². The lowest BCUT2D eigenvalue weighted by Crippen LogP contribution is -2.36. The highest BCUT2D eigenvalue weighted by atomic mass is 16.5. The first-order valence-corrected chi connectivity index (χ1v) is 7.72. The Morgan fingerprint density at radius 1 is 1.26 bits per heavy atom. The summed E-state index contributed by atoms with van der Waals surface area (Å²) in [7, 11) is 1.79. The van der Waals surface area contributed by atoms with Crippen LogP contribution in [0.5, 0.6) is 0 Å². The van der Waals surface area contributed by atoms with Gasteiger partial charge >= 0.3 is 0 Å². The minimum absolute atomic E-state index is 0.371. The second kappa shape index (κ2) is 5.44. The van der Waals surface area contributed by atoms with Gasteiger partial charge < -0.3 is 4.74 Å². The Bertz CT molecular complexity index is 377. The fourth-order valence-corrected chi connectivity index (χ4v) is 4.66. The van der Waals surface area contributed by atoms with E-state index in [-0.39, 0.29) is 0 Å². The lowest BCUT2D eigenvalue weighted by atomic mass is 9.58. The van der Waals surface area contributed by atoms with E-state index in [0.717, 1.165) is 18.9 Å². The van der Waals surface area contributed by atoms with Crippen molar-refractivity contribution < 1.29 is 4.74 Å². The molecule has 3 atom stereocenters. The van der Waals surface area contributed by atoms with Gasteiger partial charge in [0.25, 0.3) is 0 Å². The van der Waals surface area contributed by atoms with Crippen LogP contribution in [0.3, 0.4) is 0 Å². The first-order chi connectivity index (χ1) is 8.85. The van der Waals surface area contributed by atoms with Crippen LogP contribution < -0.4 is 0 Å². The van der Waals surface area contributed by atoms with Crippen LogP contribution in [-0.4, -0.2) is 13.7 Å². The Morgan fingerprint density at radius 2 is 2.00 bits per heavy atom. The molecule has 0 aromatic heterocycles. The van der Waals surface area contributed by atoms with E-state index in [4.69, 9.17) is 4.74 Å². The van der Waals surface area contributed by atoms with E-state index in [9.17, 15) is 0 Å². The molecular weight excluding hydrogens is 232 g/mol. The largest absolute Gasteiger partial charge is 0.384 e. The van der Waals surface area contributed by atoms with Crippen LogP contribution in [0, 0.1) is 22.7 Å². The van der Waals surface area contributed by atoms with E-state index >= 15 is 0 Å². The Hall–Kier alpha value is -0.560. The SMILES string of the molecule is COCC1C=CC([C@]2(C)C[C@@H](C)CC(C)(C)C2)=CC1. The molecular formula is C18H30O. The van der Waals surface area contributed by atoms with Crippen LogP contribution in [0.4, 0.5) is 0 Å². The zero-order chi connectivity index (χ0) is 14.1. The number of ether oxygens (including phenoxy) is 1. The normalized spacial score (nSPS) is 38.1. The van der Waals surface area contributed by atoms with Crippen LogP contribution in [0.1, 0.15) is 53.4 Å². The topological polar surface area (TPSA) is 9.23 Å². The highest BCUT2D eigenvalue weighted by Crippen LogP contribution is 2.52. The van der Waals surface area contributed by atoms with Crippen LogP contribution in [-0.2, 0) is 4.74 Å². The molecule has 2 aliphatic rings. The molecule has 108 valence electrons. The van der Waals surface area contributed by atoms with Gasteiger partial charge in [-0.25, -0.2) is 0 Å². The summed E-state index contributed by atoms with van der Waals surface area (Å²) in [6, 6.07) is 0. The average molecular weight is 262 g/mol. The summed E-state index contributed by atoms with van der Waals surface area (Å²) in [5.74, 6) is 1.41. The Labute approximate surface area is 119 Å². The van der Waals surface area contributed by atoms with Gasteiger partial charge in [0.05, 0.1) is 6.61 Å². The van der Waals surface area contributed by atoms with Crippen molar-refractivity contribution in [3.8, 4) is 0 Å². The third kappa shape index (κ3) is 3.51. The predicted octanol–water partition coefficient (Wildman–Crippen LogP) is 4.99. The van der Waals surface area contributed by atoms with E-state index < -0.39 is 0 Å². The van der Waals surface area contributed by atoms with Crippen LogP contribution in [0.2, 0.25) is 0 Å².